The van der Waals surface area contributed by atoms with Gasteiger partial charge in [0.1, 0.15) is 5.75 Å². The van der Waals surface area contributed by atoms with Crippen LogP contribution in [0, 0.1) is 0 Å². The molecule has 0 amide bonds. The molecular weight excluding hydrogens is 346 g/mol. The monoisotopic (exact) mass is 365 g/mol. The van der Waals surface area contributed by atoms with Crippen LogP contribution in [0.1, 0.15) is 24.2 Å². The Morgan fingerprint density at radius 2 is 1.81 bits per heavy atom. The zero-order chi connectivity index (χ0) is 15.2. The van der Waals surface area contributed by atoms with Gasteiger partial charge in [0.15, 0.2) is 0 Å². The highest BCUT2D eigenvalue weighted by atomic mass is 79.9. The highest BCUT2D eigenvalue weighted by molar-refractivity contribution is 9.10. The van der Waals surface area contributed by atoms with Crippen molar-refractivity contribution < 1.29 is 4.74 Å². The Labute approximate surface area is 139 Å². The molecule has 2 rings (SSSR count). The standard InChI is InChI=1S/C17H20BrNOS/c1-3-14(19)17(12-8-10-13(18)11-9-12)21-16-7-5-4-6-15(16)20-2/h4-11,14,17H,3,19H2,1-2H3. The van der Waals surface area contributed by atoms with Gasteiger partial charge >= 0.3 is 0 Å². The summed E-state index contributed by atoms with van der Waals surface area (Å²) in [5.74, 6) is 0.896. The summed E-state index contributed by atoms with van der Waals surface area (Å²) >= 11 is 5.25. The molecule has 4 heteroatoms. The number of thioether (sulfide) groups is 1. The molecule has 0 aliphatic heterocycles. The maximum atomic E-state index is 6.35. The maximum Gasteiger partial charge on any atom is 0.132 e. The van der Waals surface area contributed by atoms with Gasteiger partial charge in [-0.2, -0.15) is 0 Å². The van der Waals surface area contributed by atoms with Gasteiger partial charge in [0, 0.05) is 20.7 Å². The van der Waals surface area contributed by atoms with Gasteiger partial charge in [0.05, 0.1) is 7.11 Å². The van der Waals surface area contributed by atoms with E-state index in [1.54, 1.807) is 18.9 Å². The number of para-hydroxylation sites is 1. The van der Waals surface area contributed by atoms with Gasteiger partial charge < -0.3 is 10.5 Å². The Hall–Kier alpha value is -0.970. The van der Waals surface area contributed by atoms with E-state index in [1.165, 1.54) is 5.56 Å². The van der Waals surface area contributed by atoms with Crippen LogP contribution < -0.4 is 10.5 Å². The van der Waals surface area contributed by atoms with Gasteiger partial charge in [-0.3, -0.25) is 0 Å². The van der Waals surface area contributed by atoms with Crippen molar-refractivity contribution in [3.63, 3.8) is 0 Å². The molecule has 2 nitrogen and oxygen atoms in total. The fourth-order valence-electron chi connectivity index (χ4n) is 2.12. The number of rotatable bonds is 6. The molecule has 0 saturated heterocycles. The molecule has 0 radical (unpaired) electrons. The van der Waals surface area contributed by atoms with Crippen molar-refractivity contribution in [2.45, 2.75) is 29.5 Å². The minimum absolute atomic E-state index is 0.0982. The third kappa shape index (κ3) is 4.25. The van der Waals surface area contributed by atoms with Crippen molar-refractivity contribution in [2.24, 2.45) is 5.73 Å². The summed E-state index contributed by atoms with van der Waals surface area (Å²) in [5.41, 5.74) is 7.59. The number of ether oxygens (including phenoxy) is 1. The third-order valence-corrected chi connectivity index (χ3v) is 5.38. The van der Waals surface area contributed by atoms with Crippen molar-refractivity contribution in [3.8, 4) is 5.75 Å². The van der Waals surface area contributed by atoms with Crippen molar-refractivity contribution in [2.75, 3.05) is 7.11 Å². The van der Waals surface area contributed by atoms with Crippen LogP contribution in [0.25, 0.3) is 0 Å². The van der Waals surface area contributed by atoms with Gasteiger partial charge in [0.2, 0.25) is 0 Å². The summed E-state index contributed by atoms with van der Waals surface area (Å²) in [6.07, 6.45) is 0.933. The lowest BCUT2D eigenvalue weighted by molar-refractivity contribution is 0.404. The molecule has 21 heavy (non-hydrogen) atoms. The zero-order valence-corrected chi connectivity index (χ0v) is 14.7. The number of methoxy groups -OCH3 is 1. The first-order valence-electron chi connectivity index (χ1n) is 6.96. The Morgan fingerprint density at radius 1 is 1.14 bits per heavy atom. The Balaban J connectivity index is 2.30. The van der Waals surface area contributed by atoms with Crippen LogP contribution in [0.4, 0.5) is 0 Å². The molecule has 0 aliphatic rings. The molecule has 0 aromatic heterocycles. The van der Waals surface area contributed by atoms with Crippen LogP contribution in [0.15, 0.2) is 57.9 Å². The van der Waals surface area contributed by atoms with E-state index in [-0.39, 0.29) is 11.3 Å². The second kappa shape index (κ2) is 7.87. The molecule has 2 unspecified atom stereocenters. The molecule has 0 heterocycles. The van der Waals surface area contributed by atoms with Crippen LogP contribution in [0.3, 0.4) is 0 Å². The van der Waals surface area contributed by atoms with Crippen molar-refractivity contribution >= 4 is 27.7 Å². The van der Waals surface area contributed by atoms with Gasteiger partial charge in [-0.15, -0.1) is 11.8 Å². The highest BCUT2D eigenvalue weighted by Crippen LogP contribution is 2.42. The normalized spacial score (nSPS) is 13.7. The van der Waals surface area contributed by atoms with Crippen LogP contribution >= 0.6 is 27.7 Å². The van der Waals surface area contributed by atoms with Gasteiger partial charge in [0.25, 0.3) is 0 Å². The predicted octanol–water partition coefficient (Wildman–Crippen LogP) is 5.03. The zero-order valence-electron chi connectivity index (χ0n) is 12.3. The third-order valence-electron chi connectivity index (χ3n) is 3.38. The van der Waals surface area contributed by atoms with E-state index in [4.69, 9.17) is 10.5 Å². The summed E-state index contributed by atoms with van der Waals surface area (Å²) in [4.78, 5) is 1.12. The van der Waals surface area contributed by atoms with E-state index in [9.17, 15) is 0 Å². The first-order valence-corrected chi connectivity index (χ1v) is 8.63. The smallest absolute Gasteiger partial charge is 0.132 e. The number of halogens is 1. The van der Waals surface area contributed by atoms with Crippen molar-refractivity contribution in [1.82, 2.24) is 0 Å². The number of hydrogen-bond donors (Lipinski definition) is 1. The summed E-state index contributed by atoms with van der Waals surface area (Å²) in [7, 11) is 1.70. The summed E-state index contributed by atoms with van der Waals surface area (Å²) in [5, 5.41) is 0.208. The Bertz CT molecular complexity index is 573. The molecule has 2 atom stereocenters. The molecule has 112 valence electrons. The first kappa shape index (κ1) is 16.4. The molecular formula is C17H20BrNOS. The Kier molecular flexibility index (Phi) is 6.15. The number of nitrogens with two attached hydrogens (primary N) is 1. The second-order valence-corrected chi connectivity index (χ2v) is 6.91. The molecule has 0 fully saturated rings. The lowest BCUT2D eigenvalue weighted by Crippen LogP contribution is -2.25. The maximum absolute atomic E-state index is 6.35. The largest absolute Gasteiger partial charge is 0.496 e. The molecule has 0 aliphatic carbocycles. The van der Waals surface area contributed by atoms with Gasteiger partial charge in [-0.1, -0.05) is 47.1 Å². The lowest BCUT2D eigenvalue weighted by atomic mass is 10.0. The van der Waals surface area contributed by atoms with E-state index in [0.29, 0.717) is 0 Å². The van der Waals surface area contributed by atoms with Crippen LogP contribution in [0.2, 0.25) is 0 Å². The van der Waals surface area contributed by atoms with Crippen molar-refractivity contribution in [1.29, 1.82) is 0 Å². The van der Waals surface area contributed by atoms with Crippen LogP contribution in [-0.2, 0) is 0 Å². The van der Waals surface area contributed by atoms with Gasteiger partial charge in [-0.05, 0) is 36.2 Å². The molecule has 2 aromatic rings. The molecule has 0 saturated carbocycles. The van der Waals surface area contributed by atoms with Gasteiger partial charge in [-0.25, -0.2) is 0 Å². The number of benzene rings is 2. The molecule has 2 N–H and O–H groups in total. The minimum atomic E-state index is 0.0982. The van der Waals surface area contributed by atoms with E-state index in [0.717, 1.165) is 21.5 Å². The quantitative estimate of drug-likeness (QED) is 0.729. The van der Waals surface area contributed by atoms with Crippen LogP contribution in [0.5, 0.6) is 5.75 Å². The average Bonchev–Trinajstić information content (AvgIpc) is 2.53. The average molecular weight is 366 g/mol. The second-order valence-electron chi connectivity index (χ2n) is 4.81. The van der Waals surface area contributed by atoms with Crippen LogP contribution in [-0.4, -0.2) is 13.2 Å². The fourth-order valence-corrected chi connectivity index (χ4v) is 3.75. The van der Waals surface area contributed by atoms with E-state index >= 15 is 0 Å². The molecule has 2 aromatic carbocycles. The summed E-state index contributed by atoms with van der Waals surface area (Å²) in [6.45, 7) is 2.12. The predicted molar refractivity (Wildman–Crippen MR) is 94.0 cm³/mol. The molecule has 0 spiro atoms. The topological polar surface area (TPSA) is 35.2 Å². The minimum Gasteiger partial charge on any atom is -0.496 e. The van der Waals surface area contributed by atoms with E-state index in [2.05, 4.69) is 53.2 Å². The van der Waals surface area contributed by atoms with E-state index < -0.39 is 0 Å². The Morgan fingerprint density at radius 3 is 2.43 bits per heavy atom. The molecule has 0 bridgehead atoms. The highest BCUT2D eigenvalue weighted by Gasteiger charge is 2.21. The lowest BCUT2D eigenvalue weighted by Gasteiger charge is -2.24. The summed E-state index contributed by atoms with van der Waals surface area (Å²) in [6, 6.07) is 16.6. The SMILES string of the molecule is CCC(N)C(Sc1ccccc1OC)c1ccc(Br)cc1. The van der Waals surface area contributed by atoms with Crippen molar-refractivity contribution in [3.05, 3.63) is 58.6 Å². The first-order chi connectivity index (χ1) is 10.2. The number of hydrogen-bond acceptors (Lipinski definition) is 3. The van der Waals surface area contributed by atoms with E-state index in [1.807, 2.05) is 18.2 Å². The fraction of sp³-hybridized carbons (Fsp3) is 0.294. The summed E-state index contributed by atoms with van der Waals surface area (Å²) < 4.78 is 6.53.